The maximum absolute atomic E-state index is 12.0. The van der Waals surface area contributed by atoms with Crippen molar-refractivity contribution in [1.82, 2.24) is 10.6 Å². The first-order valence-corrected chi connectivity index (χ1v) is 7.70. The van der Waals surface area contributed by atoms with Crippen molar-refractivity contribution >= 4 is 6.09 Å². The fourth-order valence-corrected chi connectivity index (χ4v) is 2.43. The van der Waals surface area contributed by atoms with E-state index in [1.165, 1.54) is 0 Å². The number of ether oxygens (including phenoxy) is 1. The number of rotatable bonds is 7. The zero-order valence-corrected chi connectivity index (χ0v) is 12.7. The van der Waals surface area contributed by atoms with Crippen molar-refractivity contribution in [2.45, 2.75) is 50.6 Å². The molecular formula is C16H21F3N2O2. The van der Waals surface area contributed by atoms with E-state index in [1.54, 1.807) is 0 Å². The minimum atomic E-state index is -4.09. The van der Waals surface area contributed by atoms with Crippen LogP contribution < -0.4 is 10.6 Å². The third kappa shape index (κ3) is 6.90. The fourth-order valence-electron chi connectivity index (χ4n) is 2.43. The molecule has 4 nitrogen and oxygen atoms in total. The normalized spacial score (nSPS) is 20.7. The molecule has 7 heteroatoms. The molecule has 1 aliphatic rings. The van der Waals surface area contributed by atoms with Crippen LogP contribution in [0.5, 0.6) is 0 Å². The molecule has 0 aromatic heterocycles. The van der Waals surface area contributed by atoms with E-state index in [9.17, 15) is 18.0 Å². The Bertz CT molecular complexity index is 488. The van der Waals surface area contributed by atoms with Crippen molar-refractivity contribution < 1.29 is 22.7 Å². The van der Waals surface area contributed by atoms with Crippen LogP contribution in [0.25, 0.3) is 0 Å². The van der Waals surface area contributed by atoms with E-state index in [4.69, 9.17) is 4.74 Å². The number of carbonyl (C=O) groups is 1. The summed E-state index contributed by atoms with van der Waals surface area (Å²) in [4.78, 5) is 11.6. The van der Waals surface area contributed by atoms with Gasteiger partial charge in [0.25, 0.3) is 0 Å². The summed E-state index contributed by atoms with van der Waals surface area (Å²) < 4.78 is 41.1. The average molecular weight is 330 g/mol. The van der Waals surface area contributed by atoms with Crippen LogP contribution in [0, 0.1) is 0 Å². The van der Waals surface area contributed by atoms with Crippen molar-refractivity contribution in [2.75, 3.05) is 6.54 Å². The molecule has 2 rings (SSSR count). The molecule has 0 unspecified atom stereocenters. The second-order valence-corrected chi connectivity index (χ2v) is 5.74. The Hall–Kier alpha value is -1.76. The van der Waals surface area contributed by atoms with E-state index in [-0.39, 0.29) is 25.1 Å². The third-order valence-corrected chi connectivity index (χ3v) is 3.74. The van der Waals surface area contributed by atoms with E-state index >= 15 is 0 Å². The van der Waals surface area contributed by atoms with Crippen LogP contribution in [-0.4, -0.2) is 30.9 Å². The van der Waals surface area contributed by atoms with Crippen molar-refractivity contribution in [2.24, 2.45) is 0 Å². The van der Waals surface area contributed by atoms with Crippen molar-refractivity contribution in [1.29, 1.82) is 0 Å². The summed E-state index contributed by atoms with van der Waals surface area (Å²) in [5, 5.41) is 5.81. The van der Waals surface area contributed by atoms with Crippen molar-refractivity contribution in [3.05, 3.63) is 35.9 Å². The van der Waals surface area contributed by atoms with Crippen LogP contribution in [0.4, 0.5) is 18.0 Å². The Morgan fingerprint density at radius 3 is 2.52 bits per heavy atom. The van der Waals surface area contributed by atoms with Gasteiger partial charge in [0.05, 0.1) is 0 Å². The number of alkyl halides is 3. The molecule has 0 radical (unpaired) electrons. The highest BCUT2D eigenvalue weighted by Crippen LogP contribution is 2.22. The lowest BCUT2D eigenvalue weighted by Crippen LogP contribution is -2.52. The number of carbonyl (C=O) groups excluding carboxylic acids is 1. The second-order valence-electron chi connectivity index (χ2n) is 5.74. The van der Waals surface area contributed by atoms with Crippen LogP contribution >= 0.6 is 0 Å². The minimum Gasteiger partial charge on any atom is -0.445 e. The van der Waals surface area contributed by atoms with Gasteiger partial charge in [0, 0.05) is 18.5 Å². The van der Waals surface area contributed by atoms with Crippen LogP contribution in [0.3, 0.4) is 0 Å². The lowest BCUT2D eigenvalue weighted by atomic mass is 9.87. The molecule has 0 aliphatic heterocycles. The van der Waals surface area contributed by atoms with Crippen LogP contribution in [0.15, 0.2) is 30.3 Å². The summed E-state index contributed by atoms with van der Waals surface area (Å²) in [6, 6.07) is 9.57. The molecule has 23 heavy (non-hydrogen) atoms. The van der Waals surface area contributed by atoms with Gasteiger partial charge in [-0.05, 0) is 31.4 Å². The highest BCUT2D eigenvalue weighted by atomic mass is 19.4. The second kappa shape index (κ2) is 8.19. The van der Waals surface area contributed by atoms with Crippen LogP contribution in [0.1, 0.15) is 31.2 Å². The monoisotopic (exact) mass is 330 g/mol. The number of benzene rings is 1. The average Bonchev–Trinajstić information content (AvgIpc) is 2.46. The molecule has 1 saturated carbocycles. The lowest BCUT2D eigenvalue weighted by molar-refractivity contribution is -0.135. The molecule has 0 heterocycles. The van der Waals surface area contributed by atoms with E-state index in [1.807, 2.05) is 30.3 Å². The van der Waals surface area contributed by atoms with Gasteiger partial charge in [0.2, 0.25) is 0 Å². The van der Waals surface area contributed by atoms with Gasteiger partial charge in [0.15, 0.2) is 0 Å². The molecule has 1 fully saturated rings. The minimum absolute atomic E-state index is 0.0263. The first-order chi connectivity index (χ1) is 10.9. The van der Waals surface area contributed by atoms with E-state index in [0.29, 0.717) is 19.4 Å². The largest absolute Gasteiger partial charge is 0.445 e. The molecule has 0 spiro atoms. The van der Waals surface area contributed by atoms with Crippen molar-refractivity contribution in [3.63, 3.8) is 0 Å². The number of halogens is 3. The number of amides is 1. The number of nitrogens with one attached hydrogen (secondary N) is 2. The summed E-state index contributed by atoms with van der Waals surface area (Å²) >= 11 is 0. The molecule has 0 saturated heterocycles. The molecule has 1 aliphatic carbocycles. The Morgan fingerprint density at radius 1 is 1.17 bits per heavy atom. The Balaban J connectivity index is 1.51. The zero-order valence-electron chi connectivity index (χ0n) is 12.7. The van der Waals surface area contributed by atoms with E-state index in [0.717, 1.165) is 5.56 Å². The molecular weight excluding hydrogens is 309 g/mol. The van der Waals surface area contributed by atoms with E-state index < -0.39 is 18.7 Å². The smallest absolute Gasteiger partial charge is 0.407 e. The molecule has 128 valence electrons. The first kappa shape index (κ1) is 17.6. The maximum Gasteiger partial charge on any atom is 0.407 e. The Morgan fingerprint density at radius 2 is 1.87 bits per heavy atom. The quantitative estimate of drug-likeness (QED) is 0.754. The van der Waals surface area contributed by atoms with Gasteiger partial charge in [-0.1, -0.05) is 30.3 Å². The Labute approximate surface area is 133 Å². The highest BCUT2D eigenvalue weighted by Gasteiger charge is 2.31. The van der Waals surface area contributed by atoms with Crippen LogP contribution in [-0.2, 0) is 11.3 Å². The lowest BCUT2D eigenvalue weighted by Gasteiger charge is -2.36. The molecule has 1 amide bonds. The summed E-state index contributed by atoms with van der Waals surface area (Å²) in [5.41, 5.74) is 0.917. The molecule has 1 aromatic rings. The first-order valence-electron chi connectivity index (χ1n) is 7.70. The third-order valence-electron chi connectivity index (χ3n) is 3.74. The highest BCUT2D eigenvalue weighted by molar-refractivity contribution is 5.67. The standard InChI is InChI=1S/C16H21F3N2O2/c17-16(18,19)7-4-8-20-13-9-14(10-13)21-15(22)23-11-12-5-2-1-3-6-12/h1-3,5-6,13-14,20H,4,7-11H2,(H,21,22). The Kier molecular flexibility index (Phi) is 6.27. The number of hydrogen-bond acceptors (Lipinski definition) is 3. The summed E-state index contributed by atoms with van der Waals surface area (Å²) in [6.07, 6.45) is -3.81. The molecule has 0 atom stereocenters. The topological polar surface area (TPSA) is 50.4 Å². The summed E-state index contributed by atoms with van der Waals surface area (Å²) in [5.74, 6) is 0. The zero-order chi connectivity index (χ0) is 16.7. The van der Waals surface area contributed by atoms with Crippen LogP contribution in [0.2, 0.25) is 0 Å². The molecule has 1 aromatic carbocycles. The number of alkyl carbamates (subject to hydrolysis) is 1. The van der Waals surface area contributed by atoms with Gasteiger partial charge in [-0.25, -0.2) is 4.79 Å². The van der Waals surface area contributed by atoms with E-state index in [2.05, 4.69) is 10.6 Å². The molecule has 2 N–H and O–H groups in total. The predicted octanol–water partition coefficient (Wildman–Crippen LogP) is 3.38. The maximum atomic E-state index is 12.0. The summed E-state index contributed by atoms with van der Waals surface area (Å²) in [6.45, 7) is 0.563. The number of hydrogen-bond donors (Lipinski definition) is 2. The molecule has 0 bridgehead atoms. The van der Waals surface area contributed by atoms with Gasteiger partial charge in [-0.2, -0.15) is 13.2 Å². The van der Waals surface area contributed by atoms with Gasteiger partial charge in [-0.15, -0.1) is 0 Å². The van der Waals surface area contributed by atoms with Gasteiger partial charge >= 0.3 is 12.3 Å². The fraction of sp³-hybridized carbons (Fsp3) is 0.562. The van der Waals surface area contributed by atoms with Crippen molar-refractivity contribution in [3.8, 4) is 0 Å². The van der Waals surface area contributed by atoms with Gasteiger partial charge < -0.3 is 15.4 Å². The SMILES string of the molecule is O=C(NC1CC(NCCCC(F)(F)F)C1)OCc1ccccc1. The summed E-state index contributed by atoms with van der Waals surface area (Å²) in [7, 11) is 0. The van der Waals surface area contributed by atoms with Gasteiger partial charge in [-0.3, -0.25) is 0 Å². The van der Waals surface area contributed by atoms with Gasteiger partial charge in [0.1, 0.15) is 6.61 Å². The predicted molar refractivity (Wildman–Crippen MR) is 79.9 cm³/mol.